The van der Waals surface area contributed by atoms with Gasteiger partial charge in [0, 0.05) is 55.0 Å². The number of amides is 1. The number of carbonyl (C=O) groups excluding carboxylic acids is 3. The van der Waals surface area contributed by atoms with E-state index < -0.39 is 23.1 Å². The number of Topliss-reactive ketones (excluding diaryl/α,β-unsaturated/α-hetero) is 2. The van der Waals surface area contributed by atoms with Crippen LogP contribution >= 0.6 is 11.6 Å². The number of imidazole rings is 1. The second-order valence-corrected chi connectivity index (χ2v) is 11.0. The van der Waals surface area contributed by atoms with Crippen LogP contribution in [-0.2, 0) is 24.2 Å². The molecule has 6 rings (SSSR count). The molecule has 0 unspecified atom stereocenters. The number of methoxy groups -OCH3 is 3. The molecule has 1 spiro atoms. The standard InChI is InChI=1S/C32H30ClN3O8/c1-17-13-22-25(30(38)32(17)31(39)26-21(41-3)15-23(42-4)27(33)29(26)44-32)20(14-24(37)35-10-12-36-11-9-34-16-36)28(43-22)18-5-7-19(40-2)8-6-18/h5-9,11,15-17H,10,12-14H2,1-4H3,(H,35,37)/t17-,32+/m1/s1. The minimum atomic E-state index is -1.94. The van der Waals surface area contributed by atoms with E-state index in [4.69, 9.17) is 35.0 Å². The molecule has 1 aliphatic heterocycles. The van der Waals surface area contributed by atoms with Gasteiger partial charge in [-0.15, -0.1) is 0 Å². The van der Waals surface area contributed by atoms with Crippen LogP contribution in [0.15, 0.2) is 53.5 Å². The van der Waals surface area contributed by atoms with E-state index in [9.17, 15) is 14.4 Å². The van der Waals surface area contributed by atoms with E-state index in [1.165, 1.54) is 20.3 Å². The third-order valence-electron chi connectivity index (χ3n) is 8.19. The van der Waals surface area contributed by atoms with Gasteiger partial charge in [-0.3, -0.25) is 14.4 Å². The van der Waals surface area contributed by atoms with Crippen LogP contribution in [-0.4, -0.2) is 60.5 Å². The molecule has 2 aliphatic rings. The first kappa shape index (κ1) is 29.3. The van der Waals surface area contributed by atoms with Crippen molar-refractivity contribution in [3.05, 3.63) is 76.5 Å². The molecule has 0 bridgehead atoms. The fraction of sp³-hybridized carbons (Fsp3) is 0.312. The summed E-state index contributed by atoms with van der Waals surface area (Å²) in [4.78, 5) is 46.1. The monoisotopic (exact) mass is 619 g/mol. The van der Waals surface area contributed by atoms with Crippen LogP contribution in [0.2, 0.25) is 5.02 Å². The highest BCUT2D eigenvalue weighted by molar-refractivity contribution is 6.36. The van der Waals surface area contributed by atoms with Gasteiger partial charge in [-0.05, 0) is 24.3 Å². The molecule has 44 heavy (non-hydrogen) atoms. The average Bonchev–Trinajstić information content (AvgIpc) is 3.75. The minimum absolute atomic E-state index is 0.0224. The van der Waals surface area contributed by atoms with Crippen LogP contribution in [0.1, 0.15) is 39.0 Å². The smallest absolute Gasteiger partial charge is 0.237 e. The second-order valence-electron chi connectivity index (χ2n) is 10.7. The Hall–Kier alpha value is -4.77. The molecule has 0 saturated carbocycles. The quantitative estimate of drug-likeness (QED) is 0.268. The van der Waals surface area contributed by atoms with Crippen LogP contribution < -0.4 is 24.3 Å². The van der Waals surface area contributed by atoms with Crippen molar-refractivity contribution in [1.82, 2.24) is 14.9 Å². The van der Waals surface area contributed by atoms with Gasteiger partial charge in [0.15, 0.2) is 5.75 Å². The normalized spacial score (nSPS) is 18.5. The summed E-state index contributed by atoms with van der Waals surface area (Å²) < 4.78 is 30.6. The maximum Gasteiger partial charge on any atom is 0.237 e. The van der Waals surface area contributed by atoms with E-state index in [-0.39, 0.29) is 52.1 Å². The molecule has 1 amide bonds. The second kappa shape index (κ2) is 11.4. The summed E-state index contributed by atoms with van der Waals surface area (Å²) >= 11 is 6.58. The number of rotatable bonds is 9. The summed E-state index contributed by atoms with van der Waals surface area (Å²) in [6, 6.07) is 8.60. The van der Waals surface area contributed by atoms with Crippen molar-refractivity contribution in [1.29, 1.82) is 0 Å². The summed E-state index contributed by atoms with van der Waals surface area (Å²) in [7, 11) is 4.40. The number of aromatic nitrogens is 2. The Balaban J connectivity index is 1.42. The van der Waals surface area contributed by atoms with Crippen molar-refractivity contribution in [2.45, 2.75) is 31.9 Å². The van der Waals surface area contributed by atoms with Gasteiger partial charge in [0.25, 0.3) is 0 Å². The van der Waals surface area contributed by atoms with E-state index in [1.54, 1.807) is 57.0 Å². The third kappa shape index (κ3) is 4.59. The molecule has 0 fully saturated rings. The Kier molecular flexibility index (Phi) is 7.58. The maximum absolute atomic E-state index is 14.6. The summed E-state index contributed by atoms with van der Waals surface area (Å²) in [5.74, 6) is -0.316. The molecule has 0 radical (unpaired) electrons. The van der Waals surface area contributed by atoms with E-state index in [2.05, 4.69) is 10.3 Å². The highest BCUT2D eigenvalue weighted by Gasteiger charge is 2.63. The Morgan fingerprint density at radius 3 is 2.48 bits per heavy atom. The molecular weight excluding hydrogens is 590 g/mol. The average molecular weight is 620 g/mol. The van der Waals surface area contributed by atoms with Crippen molar-refractivity contribution >= 4 is 29.1 Å². The van der Waals surface area contributed by atoms with Crippen LogP contribution in [0, 0.1) is 5.92 Å². The minimum Gasteiger partial charge on any atom is -0.497 e. The number of fused-ring (bicyclic) bond motifs is 2. The first-order valence-electron chi connectivity index (χ1n) is 14.0. The molecule has 12 heteroatoms. The van der Waals surface area contributed by atoms with Crippen LogP contribution in [0.3, 0.4) is 0 Å². The van der Waals surface area contributed by atoms with E-state index >= 15 is 0 Å². The van der Waals surface area contributed by atoms with Crippen LogP contribution in [0.4, 0.5) is 0 Å². The van der Waals surface area contributed by atoms with Gasteiger partial charge in [-0.25, -0.2) is 4.98 Å². The number of hydrogen-bond acceptors (Lipinski definition) is 9. The Morgan fingerprint density at radius 1 is 1.09 bits per heavy atom. The van der Waals surface area contributed by atoms with E-state index in [0.717, 1.165) is 0 Å². The number of halogens is 1. The highest BCUT2D eigenvalue weighted by Crippen LogP contribution is 2.54. The summed E-state index contributed by atoms with van der Waals surface area (Å²) in [5.41, 5.74) is -0.704. The van der Waals surface area contributed by atoms with E-state index in [1.807, 2.05) is 4.57 Å². The van der Waals surface area contributed by atoms with Crippen molar-refractivity contribution in [3.8, 4) is 34.3 Å². The lowest BCUT2D eigenvalue weighted by Crippen LogP contribution is -2.56. The Morgan fingerprint density at radius 2 is 1.82 bits per heavy atom. The Bertz CT molecular complexity index is 1760. The predicted octanol–water partition coefficient (Wildman–Crippen LogP) is 4.57. The third-order valence-corrected chi connectivity index (χ3v) is 8.55. The summed E-state index contributed by atoms with van der Waals surface area (Å²) in [5, 5.41) is 2.96. The number of nitrogens with one attached hydrogen (secondary N) is 1. The van der Waals surface area contributed by atoms with Crippen LogP contribution in [0.25, 0.3) is 11.3 Å². The van der Waals surface area contributed by atoms with E-state index in [0.29, 0.717) is 41.5 Å². The summed E-state index contributed by atoms with van der Waals surface area (Å²) in [6.07, 6.45) is 5.15. The molecule has 2 aromatic carbocycles. The number of furan rings is 1. The number of benzene rings is 2. The fourth-order valence-electron chi connectivity index (χ4n) is 5.94. The van der Waals surface area contributed by atoms with Gasteiger partial charge in [-0.2, -0.15) is 0 Å². The van der Waals surface area contributed by atoms with Crippen molar-refractivity contribution in [3.63, 3.8) is 0 Å². The van der Waals surface area contributed by atoms with Gasteiger partial charge in [0.1, 0.15) is 39.4 Å². The molecular formula is C32H30ClN3O8. The first-order valence-corrected chi connectivity index (χ1v) is 14.4. The Labute approximate surface area is 258 Å². The molecule has 0 saturated heterocycles. The topological polar surface area (TPSA) is 131 Å². The predicted molar refractivity (Wildman–Crippen MR) is 159 cm³/mol. The number of nitrogens with zero attached hydrogens (tertiary/aromatic N) is 2. The van der Waals surface area contributed by atoms with Crippen molar-refractivity contribution in [2.75, 3.05) is 27.9 Å². The molecule has 11 nitrogen and oxygen atoms in total. The first-order chi connectivity index (χ1) is 21.2. The molecule has 2 atom stereocenters. The maximum atomic E-state index is 14.6. The lowest BCUT2D eigenvalue weighted by Gasteiger charge is -2.35. The zero-order valence-corrected chi connectivity index (χ0v) is 25.3. The molecule has 2 aromatic heterocycles. The van der Waals surface area contributed by atoms with Gasteiger partial charge in [0.05, 0.1) is 39.6 Å². The molecule has 3 heterocycles. The zero-order chi connectivity index (χ0) is 31.2. The lowest BCUT2D eigenvalue weighted by atomic mass is 9.70. The molecule has 1 aliphatic carbocycles. The fourth-order valence-corrected chi connectivity index (χ4v) is 6.21. The largest absolute Gasteiger partial charge is 0.497 e. The molecule has 4 aromatic rings. The number of hydrogen-bond donors (Lipinski definition) is 1. The highest BCUT2D eigenvalue weighted by atomic mass is 35.5. The van der Waals surface area contributed by atoms with Gasteiger partial charge >= 0.3 is 0 Å². The van der Waals surface area contributed by atoms with Gasteiger partial charge in [0.2, 0.25) is 23.1 Å². The number of ether oxygens (including phenoxy) is 4. The zero-order valence-electron chi connectivity index (χ0n) is 24.6. The molecule has 1 N–H and O–H groups in total. The number of ketones is 2. The SMILES string of the molecule is COc1ccc(-c2oc3c(c2CC(=O)NCCn2ccnc2)C(=O)[C@@]2(Oc4c(Cl)c(OC)cc(OC)c4C2=O)[C@H](C)C3)cc1. The number of carbonyl (C=O) groups is 3. The summed E-state index contributed by atoms with van der Waals surface area (Å²) in [6.45, 7) is 2.62. The van der Waals surface area contributed by atoms with Gasteiger partial charge in [-0.1, -0.05) is 18.5 Å². The van der Waals surface area contributed by atoms with Gasteiger partial charge < -0.3 is 33.2 Å². The van der Waals surface area contributed by atoms with Crippen molar-refractivity contribution < 1.29 is 37.7 Å². The lowest BCUT2D eigenvalue weighted by molar-refractivity contribution is -0.120. The van der Waals surface area contributed by atoms with Crippen LogP contribution in [0.5, 0.6) is 23.0 Å². The van der Waals surface area contributed by atoms with Crippen molar-refractivity contribution in [2.24, 2.45) is 5.92 Å². The molecule has 228 valence electrons.